The third-order valence-electron chi connectivity index (χ3n) is 0.841. The predicted octanol–water partition coefficient (Wildman–Crippen LogP) is 2.26. The van der Waals surface area contributed by atoms with E-state index in [2.05, 4.69) is 11.6 Å². The molecule has 0 rings (SSSR count). The van der Waals surface area contributed by atoms with Crippen LogP contribution in [0, 0.1) is 0 Å². The maximum absolute atomic E-state index is 12.4. The van der Waals surface area contributed by atoms with Gasteiger partial charge < -0.3 is 5.11 Å². The van der Waals surface area contributed by atoms with Gasteiger partial charge in [-0.3, -0.25) is 0 Å². The first-order chi connectivity index (χ1) is 4.31. The van der Waals surface area contributed by atoms with Crippen LogP contribution in [0.4, 0.5) is 13.2 Å². The van der Waals surface area contributed by atoms with Crippen molar-refractivity contribution in [1.29, 1.82) is 0 Å². The van der Waals surface area contributed by atoms with Crippen molar-refractivity contribution in [3.63, 3.8) is 0 Å². The quantitative estimate of drug-likeness (QED) is 0.752. The molecule has 1 N–H and O–H groups in total. The lowest BCUT2D eigenvalue weighted by molar-refractivity contribution is -0.0171. The van der Waals surface area contributed by atoms with Gasteiger partial charge in [0.2, 0.25) is 0 Å². The Balaban J connectivity index is 4.10. The number of aliphatic hydroxyl groups is 1. The molecule has 0 saturated carbocycles. The normalized spacial score (nSPS) is 18.6. The molecule has 0 heterocycles. The van der Waals surface area contributed by atoms with Gasteiger partial charge in [-0.15, -0.1) is 0 Å². The summed E-state index contributed by atoms with van der Waals surface area (Å²) >= 11 is 6.44. The fourth-order valence-corrected chi connectivity index (χ4v) is 0.565. The molecule has 0 saturated heterocycles. The van der Waals surface area contributed by atoms with Gasteiger partial charge in [0.1, 0.15) is 0 Å². The highest BCUT2D eigenvalue weighted by Gasteiger charge is 2.51. The molecule has 1 atom stereocenters. The molecule has 0 aromatic carbocycles. The molecule has 0 radical (unpaired) electrons. The van der Waals surface area contributed by atoms with Gasteiger partial charge in [0.05, 0.1) is 0 Å². The number of alkyl halides is 5. The molecule has 1 nitrogen and oxygen atoms in total. The molecule has 0 aromatic heterocycles. The zero-order valence-corrected chi connectivity index (χ0v) is 7.09. The van der Waals surface area contributed by atoms with Gasteiger partial charge in [0.25, 0.3) is 5.13 Å². The Labute approximate surface area is 69.3 Å². The van der Waals surface area contributed by atoms with Crippen LogP contribution in [0.15, 0.2) is 0 Å². The Bertz CT molecular complexity index is 114. The second kappa shape index (κ2) is 3.28. The van der Waals surface area contributed by atoms with Gasteiger partial charge >= 0.3 is 4.83 Å². The maximum Gasteiger partial charge on any atom is 0.348 e. The smallest absolute Gasteiger partial charge is 0.348 e. The van der Waals surface area contributed by atoms with Gasteiger partial charge in [-0.25, -0.2) is 4.39 Å². The van der Waals surface area contributed by atoms with E-state index in [1.54, 1.807) is 15.9 Å². The van der Waals surface area contributed by atoms with Crippen molar-refractivity contribution >= 4 is 27.5 Å². The van der Waals surface area contributed by atoms with Crippen LogP contribution < -0.4 is 0 Å². The summed E-state index contributed by atoms with van der Waals surface area (Å²) in [5.41, 5.74) is 0. The summed E-state index contributed by atoms with van der Waals surface area (Å²) in [5.74, 6) is 0. The predicted molar refractivity (Wildman–Crippen MR) is 35.3 cm³/mol. The minimum Gasteiger partial charge on any atom is -0.396 e. The summed E-state index contributed by atoms with van der Waals surface area (Å²) in [6.07, 6.45) is -0.813. The number of aliphatic hydroxyl groups excluding tert-OH is 1. The van der Waals surface area contributed by atoms with Crippen molar-refractivity contribution in [2.45, 2.75) is 16.4 Å². The molecule has 62 valence electrons. The van der Waals surface area contributed by atoms with Gasteiger partial charge in [-0.05, 0) is 15.9 Å². The highest BCUT2D eigenvalue weighted by molar-refractivity contribution is 9.10. The molecule has 1 unspecified atom stereocenters. The van der Waals surface area contributed by atoms with Crippen LogP contribution in [0.5, 0.6) is 0 Å². The van der Waals surface area contributed by atoms with Crippen LogP contribution >= 0.6 is 27.5 Å². The zero-order chi connectivity index (χ0) is 8.41. The van der Waals surface area contributed by atoms with E-state index in [0.717, 1.165) is 0 Å². The molecular weight excluding hydrogens is 236 g/mol. The van der Waals surface area contributed by atoms with Crippen LogP contribution in [0.2, 0.25) is 0 Å². The number of hydrogen-bond acceptors (Lipinski definition) is 1. The van der Waals surface area contributed by atoms with E-state index >= 15 is 0 Å². The van der Waals surface area contributed by atoms with Crippen molar-refractivity contribution in [2.75, 3.05) is 6.61 Å². The molecule has 0 aliphatic rings. The molecule has 10 heavy (non-hydrogen) atoms. The fraction of sp³-hybridized carbons (Fsp3) is 1.00. The van der Waals surface area contributed by atoms with Gasteiger partial charge in [0, 0.05) is 13.0 Å². The molecule has 0 bridgehead atoms. The minimum atomic E-state index is -3.80. The summed E-state index contributed by atoms with van der Waals surface area (Å²) in [6, 6.07) is 0. The van der Waals surface area contributed by atoms with Crippen molar-refractivity contribution in [3.05, 3.63) is 0 Å². The molecule has 0 spiro atoms. The SMILES string of the molecule is OCCC(F)(Cl)C(F)(F)Br. The first-order valence-corrected chi connectivity index (χ1v) is 3.54. The zero-order valence-electron chi connectivity index (χ0n) is 4.75. The molecule has 6 heteroatoms. The van der Waals surface area contributed by atoms with Crippen LogP contribution in [0.1, 0.15) is 6.42 Å². The highest BCUT2D eigenvalue weighted by Crippen LogP contribution is 2.43. The molecule has 0 aliphatic carbocycles. The molecule has 0 fully saturated rings. The summed E-state index contributed by atoms with van der Waals surface area (Å²) in [5, 5.41) is 4.88. The minimum absolute atomic E-state index is 0.721. The Morgan fingerprint density at radius 2 is 1.80 bits per heavy atom. The number of rotatable bonds is 3. The van der Waals surface area contributed by atoms with Gasteiger partial charge in [0.15, 0.2) is 0 Å². The van der Waals surface area contributed by atoms with Crippen LogP contribution in [-0.2, 0) is 0 Å². The summed E-state index contributed by atoms with van der Waals surface area (Å²) in [7, 11) is 0. The van der Waals surface area contributed by atoms with E-state index < -0.39 is 23.0 Å². The van der Waals surface area contributed by atoms with E-state index in [0.29, 0.717) is 0 Å². The summed E-state index contributed by atoms with van der Waals surface area (Å²) < 4.78 is 36.4. The fourth-order valence-electron chi connectivity index (χ4n) is 0.282. The Morgan fingerprint density at radius 1 is 1.40 bits per heavy atom. The molecule has 0 amide bonds. The van der Waals surface area contributed by atoms with Crippen LogP contribution in [0.3, 0.4) is 0 Å². The third-order valence-corrected chi connectivity index (χ3v) is 2.12. The largest absolute Gasteiger partial charge is 0.396 e. The summed E-state index contributed by atoms with van der Waals surface area (Å²) in [6.45, 7) is -0.721. The first kappa shape index (κ1) is 10.5. The van der Waals surface area contributed by atoms with Crippen molar-refractivity contribution < 1.29 is 18.3 Å². The Morgan fingerprint density at radius 3 is 1.90 bits per heavy atom. The number of halogens is 5. The lowest BCUT2D eigenvalue weighted by Gasteiger charge is -2.21. The second-order valence-electron chi connectivity index (χ2n) is 1.68. The average Bonchev–Trinajstić information content (AvgIpc) is 1.61. The van der Waals surface area contributed by atoms with Crippen molar-refractivity contribution in [3.8, 4) is 0 Å². The molecular formula is C4H5BrClF3O. The maximum atomic E-state index is 12.4. The number of hydrogen-bond donors (Lipinski definition) is 1. The monoisotopic (exact) mass is 240 g/mol. The van der Waals surface area contributed by atoms with Gasteiger partial charge in [-0.1, -0.05) is 11.6 Å². The highest BCUT2D eigenvalue weighted by atomic mass is 79.9. The standard InChI is InChI=1S/C4H5BrClF3O/c5-4(8,9)3(6,7)1-2-10/h10H,1-2H2. The Hall–Kier alpha value is 0.520. The van der Waals surface area contributed by atoms with Crippen molar-refractivity contribution in [2.24, 2.45) is 0 Å². The Kier molecular flexibility index (Phi) is 3.45. The topological polar surface area (TPSA) is 20.2 Å². The van der Waals surface area contributed by atoms with E-state index in [9.17, 15) is 13.2 Å². The van der Waals surface area contributed by atoms with Crippen molar-refractivity contribution in [1.82, 2.24) is 0 Å². The third kappa shape index (κ3) is 2.64. The lowest BCUT2D eigenvalue weighted by Crippen LogP contribution is -2.34. The van der Waals surface area contributed by atoms with Gasteiger partial charge in [-0.2, -0.15) is 8.78 Å². The van der Waals surface area contributed by atoms with E-state index in [4.69, 9.17) is 5.11 Å². The van der Waals surface area contributed by atoms with Crippen LogP contribution in [0.25, 0.3) is 0 Å². The first-order valence-electron chi connectivity index (χ1n) is 2.36. The van der Waals surface area contributed by atoms with E-state index in [-0.39, 0.29) is 0 Å². The molecule has 0 aliphatic heterocycles. The van der Waals surface area contributed by atoms with Crippen LogP contribution in [-0.4, -0.2) is 21.7 Å². The second-order valence-corrected chi connectivity index (χ2v) is 3.27. The lowest BCUT2D eigenvalue weighted by atomic mass is 10.3. The summed E-state index contributed by atoms with van der Waals surface area (Å²) in [4.78, 5) is -3.80. The molecule has 0 aromatic rings. The van der Waals surface area contributed by atoms with E-state index in [1.165, 1.54) is 0 Å². The van der Waals surface area contributed by atoms with E-state index in [1.807, 2.05) is 0 Å². The average molecular weight is 241 g/mol.